The summed E-state index contributed by atoms with van der Waals surface area (Å²) in [5.74, 6) is -1.35. The average molecular weight is 442 g/mol. The second-order valence-electron chi connectivity index (χ2n) is 6.60. The van der Waals surface area contributed by atoms with Crippen LogP contribution in [0.1, 0.15) is 55.5 Å². The van der Waals surface area contributed by atoms with Crippen molar-refractivity contribution >= 4 is 34.2 Å². The van der Waals surface area contributed by atoms with Gasteiger partial charge < -0.3 is 19.3 Å². The molecule has 0 aliphatic heterocycles. The van der Waals surface area contributed by atoms with E-state index in [0.717, 1.165) is 22.5 Å². The van der Waals surface area contributed by atoms with E-state index in [1.54, 1.807) is 20.8 Å². The van der Waals surface area contributed by atoms with Crippen LogP contribution in [0, 0.1) is 13.8 Å². The number of anilines is 1. The molecule has 3 aromatic rings. The number of thiophene rings is 1. The van der Waals surface area contributed by atoms with E-state index in [4.69, 9.17) is 14.0 Å². The Balaban J connectivity index is 1.89. The van der Waals surface area contributed by atoms with E-state index in [0.29, 0.717) is 11.3 Å². The molecule has 0 aliphatic rings. The minimum absolute atomic E-state index is 0.0362. The van der Waals surface area contributed by atoms with Gasteiger partial charge in [-0.15, -0.1) is 11.3 Å². The fourth-order valence-electron chi connectivity index (χ4n) is 2.85. The van der Waals surface area contributed by atoms with Crippen molar-refractivity contribution in [2.45, 2.75) is 27.7 Å². The molecular formula is C22H22N2O6S. The SMILES string of the molecule is CCOC(=O)c1sc(NC(=O)c2cc(-c3ccc(C)cc3)on2)c(C(=O)OCC)c1C. The smallest absolute Gasteiger partial charge is 0.348 e. The van der Waals surface area contributed by atoms with Gasteiger partial charge in [-0.05, 0) is 33.3 Å². The second kappa shape index (κ2) is 9.57. The van der Waals surface area contributed by atoms with Crippen molar-refractivity contribution in [2.24, 2.45) is 0 Å². The van der Waals surface area contributed by atoms with E-state index in [2.05, 4.69) is 10.5 Å². The van der Waals surface area contributed by atoms with E-state index >= 15 is 0 Å². The van der Waals surface area contributed by atoms with Crippen LogP contribution in [0.25, 0.3) is 11.3 Å². The highest BCUT2D eigenvalue weighted by molar-refractivity contribution is 7.18. The molecule has 0 fully saturated rings. The van der Waals surface area contributed by atoms with Crippen LogP contribution in [0.5, 0.6) is 0 Å². The Morgan fingerprint density at radius 1 is 1.03 bits per heavy atom. The minimum atomic E-state index is -0.636. The van der Waals surface area contributed by atoms with Gasteiger partial charge in [-0.3, -0.25) is 4.79 Å². The fourth-order valence-corrected chi connectivity index (χ4v) is 3.93. The highest BCUT2D eigenvalue weighted by Gasteiger charge is 2.28. The van der Waals surface area contributed by atoms with E-state index in [-0.39, 0.29) is 34.3 Å². The number of benzene rings is 1. The summed E-state index contributed by atoms with van der Waals surface area (Å²) in [5, 5.41) is 6.66. The van der Waals surface area contributed by atoms with Gasteiger partial charge in [0.1, 0.15) is 9.88 Å². The summed E-state index contributed by atoms with van der Waals surface area (Å²) in [5.41, 5.74) is 2.41. The summed E-state index contributed by atoms with van der Waals surface area (Å²) in [7, 11) is 0. The number of aryl methyl sites for hydroxylation is 1. The normalized spacial score (nSPS) is 10.6. The van der Waals surface area contributed by atoms with Crippen molar-refractivity contribution in [3.8, 4) is 11.3 Å². The number of esters is 2. The predicted octanol–water partition coefficient (Wildman–Crippen LogP) is 4.63. The lowest BCUT2D eigenvalue weighted by Gasteiger charge is -2.05. The largest absolute Gasteiger partial charge is 0.462 e. The lowest BCUT2D eigenvalue weighted by molar-refractivity contribution is 0.0527. The molecule has 1 amide bonds. The second-order valence-corrected chi connectivity index (χ2v) is 7.62. The van der Waals surface area contributed by atoms with Crippen LogP contribution >= 0.6 is 11.3 Å². The highest BCUT2D eigenvalue weighted by Crippen LogP contribution is 2.35. The molecular weight excluding hydrogens is 420 g/mol. The lowest BCUT2D eigenvalue weighted by Crippen LogP contribution is -2.15. The summed E-state index contributed by atoms with van der Waals surface area (Å²) in [6.07, 6.45) is 0. The van der Waals surface area contributed by atoms with Gasteiger partial charge in [0.05, 0.1) is 18.8 Å². The van der Waals surface area contributed by atoms with Gasteiger partial charge in [0.15, 0.2) is 11.5 Å². The Hall–Kier alpha value is -3.46. The zero-order valence-corrected chi connectivity index (χ0v) is 18.4. The molecule has 3 rings (SSSR count). The van der Waals surface area contributed by atoms with E-state index < -0.39 is 17.8 Å². The van der Waals surface area contributed by atoms with Gasteiger partial charge in [-0.2, -0.15) is 0 Å². The Morgan fingerprint density at radius 3 is 2.32 bits per heavy atom. The molecule has 0 radical (unpaired) electrons. The molecule has 1 aromatic carbocycles. The first-order valence-corrected chi connectivity index (χ1v) is 10.5. The summed E-state index contributed by atoms with van der Waals surface area (Å²) >= 11 is 0.950. The molecule has 0 aliphatic carbocycles. The van der Waals surface area contributed by atoms with Gasteiger partial charge in [-0.25, -0.2) is 9.59 Å². The number of nitrogens with zero attached hydrogens (tertiary/aromatic N) is 1. The Bertz CT molecular complexity index is 1110. The average Bonchev–Trinajstić information content (AvgIpc) is 3.34. The molecule has 2 aromatic heterocycles. The molecule has 8 nitrogen and oxygen atoms in total. The number of ether oxygens (including phenoxy) is 2. The molecule has 0 atom stereocenters. The number of carbonyl (C=O) groups excluding carboxylic acids is 3. The van der Waals surface area contributed by atoms with Crippen LogP contribution in [0.4, 0.5) is 5.00 Å². The number of hydrogen-bond acceptors (Lipinski definition) is 8. The first kappa shape index (κ1) is 22.2. The number of hydrogen-bond donors (Lipinski definition) is 1. The zero-order valence-electron chi connectivity index (χ0n) is 17.6. The maximum absolute atomic E-state index is 12.8. The van der Waals surface area contributed by atoms with Gasteiger partial charge in [-0.1, -0.05) is 35.0 Å². The molecule has 0 bridgehead atoms. The van der Waals surface area contributed by atoms with E-state index in [1.807, 2.05) is 31.2 Å². The zero-order chi connectivity index (χ0) is 22.5. The van der Waals surface area contributed by atoms with Crippen molar-refractivity contribution in [1.29, 1.82) is 0 Å². The summed E-state index contributed by atoms with van der Waals surface area (Å²) in [6, 6.07) is 9.09. The Labute approximate surface area is 183 Å². The van der Waals surface area contributed by atoms with Crippen LogP contribution < -0.4 is 5.32 Å². The number of nitrogens with one attached hydrogen (secondary N) is 1. The van der Waals surface area contributed by atoms with Crippen molar-refractivity contribution < 1.29 is 28.4 Å². The van der Waals surface area contributed by atoms with E-state index in [9.17, 15) is 14.4 Å². The number of rotatable bonds is 7. The minimum Gasteiger partial charge on any atom is -0.462 e. The van der Waals surface area contributed by atoms with Crippen molar-refractivity contribution in [3.05, 3.63) is 57.6 Å². The summed E-state index contributed by atoms with van der Waals surface area (Å²) in [6.45, 7) is 7.28. The van der Waals surface area contributed by atoms with Crippen LogP contribution in [-0.2, 0) is 9.47 Å². The topological polar surface area (TPSA) is 108 Å². The number of amides is 1. The van der Waals surface area contributed by atoms with Gasteiger partial charge in [0, 0.05) is 11.6 Å². The van der Waals surface area contributed by atoms with Crippen LogP contribution in [0.3, 0.4) is 0 Å². The third-order valence-electron chi connectivity index (χ3n) is 4.39. The maximum atomic E-state index is 12.8. The van der Waals surface area contributed by atoms with Gasteiger partial charge in [0.25, 0.3) is 5.91 Å². The molecule has 1 N–H and O–H groups in total. The van der Waals surface area contributed by atoms with Crippen LogP contribution in [0.2, 0.25) is 0 Å². The molecule has 162 valence electrons. The molecule has 0 unspecified atom stereocenters. The molecule has 0 saturated heterocycles. The van der Waals surface area contributed by atoms with Crippen molar-refractivity contribution in [1.82, 2.24) is 5.16 Å². The monoisotopic (exact) mass is 442 g/mol. The first-order valence-electron chi connectivity index (χ1n) is 9.68. The van der Waals surface area contributed by atoms with Gasteiger partial charge >= 0.3 is 11.9 Å². The maximum Gasteiger partial charge on any atom is 0.348 e. The molecule has 9 heteroatoms. The molecule has 2 heterocycles. The van der Waals surface area contributed by atoms with Crippen LogP contribution in [-0.4, -0.2) is 36.2 Å². The Morgan fingerprint density at radius 2 is 1.68 bits per heavy atom. The number of carbonyl (C=O) groups is 3. The fraction of sp³-hybridized carbons (Fsp3) is 0.273. The molecule has 0 spiro atoms. The number of aromatic nitrogens is 1. The van der Waals surface area contributed by atoms with E-state index in [1.165, 1.54) is 6.07 Å². The quantitative estimate of drug-likeness (QED) is 0.532. The predicted molar refractivity (Wildman–Crippen MR) is 116 cm³/mol. The summed E-state index contributed by atoms with van der Waals surface area (Å²) in [4.78, 5) is 37.7. The first-order chi connectivity index (χ1) is 14.8. The summed E-state index contributed by atoms with van der Waals surface area (Å²) < 4.78 is 15.4. The highest BCUT2D eigenvalue weighted by atomic mass is 32.1. The Kier molecular flexibility index (Phi) is 6.86. The van der Waals surface area contributed by atoms with Gasteiger partial charge in [0.2, 0.25) is 0 Å². The molecule has 0 saturated carbocycles. The lowest BCUT2D eigenvalue weighted by atomic mass is 10.1. The van der Waals surface area contributed by atoms with Crippen molar-refractivity contribution in [3.63, 3.8) is 0 Å². The molecule has 31 heavy (non-hydrogen) atoms. The standard InChI is InChI=1S/C22H22N2O6S/c1-5-28-21(26)17-13(4)18(22(27)29-6-2)31-20(17)23-19(25)15-11-16(30-24-15)14-9-7-12(3)8-10-14/h7-11H,5-6H2,1-4H3,(H,23,25). The third kappa shape index (κ3) is 4.83. The van der Waals surface area contributed by atoms with Crippen molar-refractivity contribution in [2.75, 3.05) is 18.5 Å². The van der Waals surface area contributed by atoms with Crippen LogP contribution in [0.15, 0.2) is 34.9 Å². The third-order valence-corrected chi connectivity index (χ3v) is 5.58.